The minimum atomic E-state index is -0.666. The highest BCUT2D eigenvalue weighted by atomic mass is 79.9. The van der Waals surface area contributed by atoms with Crippen LogP contribution in [0.5, 0.6) is 5.75 Å². The van der Waals surface area contributed by atoms with Crippen LogP contribution in [0.15, 0.2) is 59.2 Å². The van der Waals surface area contributed by atoms with Crippen molar-refractivity contribution in [1.82, 2.24) is 14.8 Å². The van der Waals surface area contributed by atoms with Crippen LogP contribution in [0.4, 0.5) is 5.69 Å². The molecular weight excluding hydrogens is 486 g/mol. The number of anilines is 1. The van der Waals surface area contributed by atoms with E-state index in [1.807, 2.05) is 56.3 Å². The van der Waals surface area contributed by atoms with Crippen LogP contribution in [0.3, 0.4) is 0 Å². The third kappa shape index (κ3) is 4.58. The van der Waals surface area contributed by atoms with Crippen LogP contribution in [0.2, 0.25) is 0 Å². The zero-order chi connectivity index (χ0) is 23.5. The fourth-order valence-corrected chi connectivity index (χ4v) is 3.97. The second-order valence-corrected chi connectivity index (χ2v) is 8.13. The van der Waals surface area contributed by atoms with Crippen LogP contribution in [-0.4, -0.2) is 33.2 Å². The minimum Gasteiger partial charge on any atom is -0.494 e. The number of primary amides is 1. The molecule has 2 amide bonds. The smallest absolute Gasteiger partial charge is 0.269 e. The van der Waals surface area contributed by atoms with Crippen molar-refractivity contribution in [2.75, 3.05) is 11.9 Å². The van der Waals surface area contributed by atoms with Crippen molar-refractivity contribution >= 4 is 44.3 Å². The number of carbonyl (C=O) groups is 2. The average Bonchev–Trinajstić information content (AvgIpc) is 3.21. The lowest BCUT2D eigenvalue weighted by Crippen LogP contribution is -2.21. The van der Waals surface area contributed by atoms with Gasteiger partial charge >= 0.3 is 0 Å². The van der Waals surface area contributed by atoms with Crippen molar-refractivity contribution in [3.05, 3.63) is 70.5 Å². The molecule has 4 aromatic rings. The fraction of sp³-hybridized carbons (Fsp3) is 0.167. The van der Waals surface area contributed by atoms with Crippen LogP contribution in [0, 0.1) is 0 Å². The number of aryl methyl sites for hydroxylation is 1. The van der Waals surface area contributed by atoms with E-state index in [-0.39, 0.29) is 11.4 Å². The molecule has 0 saturated carbocycles. The molecule has 0 bridgehead atoms. The average molecular weight is 508 g/mol. The lowest BCUT2D eigenvalue weighted by molar-refractivity contribution is 0.0991. The Kier molecular flexibility index (Phi) is 6.41. The Bertz CT molecular complexity index is 1370. The molecule has 4 rings (SSSR count). The Morgan fingerprint density at radius 1 is 1.15 bits per heavy atom. The molecule has 3 N–H and O–H groups in total. The van der Waals surface area contributed by atoms with Gasteiger partial charge in [0.15, 0.2) is 0 Å². The summed E-state index contributed by atoms with van der Waals surface area (Å²) in [6, 6.07) is 14.8. The highest BCUT2D eigenvalue weighted by molar-refractivity contribution is 9.10. The van der Waals surface area contributed by atoms with Crippen molar-refractivity contribution in [3.63, 3.8) is 0 Å². The van der Waals surface area contributed by atoms with Gasteiger partial charge in [-0.1, -0.05) is 28.1 Å². The van der Waals surface area contributed by atoms with E-state index in [9.17, 15) is 9.59 Å². The molecule has 33 heavy (non-hydrogen) atoms. The zero-order valence-corrected chi connectivity index (χ0v) is 19.7. The summed E-state index contributed by atoms with van der Waals surface area (Å²) in [7, 11) is 0. The predicted octanol–water partition coefficient (Wildman–Crippen LogP) is 4.63. The normalized spacial score (nSPS) is 10.9. The minimum absolute atomic E-state index is 0.148. The van der Waals surface area contributed by atoms with Gasteiger partial charge in [0, 0.05) is 22.0 Å². The number of amides is 2. The first kappa shape index (κ1) is 22.5. The molecule has 2 heterocycles. The molecule has 0 saturated heterocycles. The molecule has 0 aliphatic heterocycles. The number of aromatic nitrogens is 3. The lowest BCUT2D eigenvalue weighted by Gasteiger charge is -2.12. The zero-order valence-electron chi connectivity index (χ0n) is 18.1. The highest BCUT2D eigenvalue weighted by Crippen LogP contribution is 2.30. The van der Waals surface area contributed by atoms with Crippen LogP contribution < -0.4 is 15.8 Å². The molecule has 0 radical (unpaired) electrons. The van der Waals surface area contributed by atoms with E-state index in [2.05, 4.69) is 26.3 Å². The number of halogens is 1. The van der Waals surface area contributed by atoms with E-state index in [1.165, 1.54) is 10.9 Å². The van der Waals surface area contributed by atoms with Crippen molar-refractivity contribution in [2.24, 2.45) is 5.73 Å². The van der Waals surface area contributed by atoms with Crippen molar-refractivity contribution in [1.29, 1.82) is 0 Å². The third-order valence-electron chi connectivity index (χ3n) is 5.08. The predicted molar refractivity (Wildman–Crippen MR) is 130 cm³/mol. The van der Waals surface area contributed by atoms with Gasteiger partial charge in [0.2, 0.25) is 0 Å². The van der Waals surface area contributed by atoms with E-state index in [1.54, 1.807) is 6.07 Å². The molecule has 0 aliphatic carbocycles. The first-order chi connectivity index (χ1) is 15.9. The lowest BCUT2D eigenvalue weighted by atomic mass is 10.0. The summed E-state index contributed by atoms with van der Waals surface area (Å²) in [4.78, 5) is 30.1. The number of pyridine rings is 1. The van der Waals surface area contributed by atoms with Gasteiger partial charge < -0.3 is 15.8 Å². The van der Waals surface area contributed by atoms with E-state index < -0.39 is 11.8 Å². The SMILES string of the molecule is CCOc1cccc(-c2cc(C(=O)Nc3cnn(CC)c3C(N)=O)c3cc(Br)ccc3n2)c1. The Labute approximate surface area is 198 Å². The maximum atomic E-state index is 13.4. The molecule has 0 aliphatic rings. The molecule has 0 unspecified atom stereocenters. The quantitative estimate of drug-likeness (QED) is 0.378. The van der Waals surface area contributed by atoms with E-state index >= 15 is 0 Å². The maximum absolute atomic E-state index is 13.4. The molecule has 0 atom stereocenters. The largest absolute Gasteiger partial charge is 0.494 e. The first-order valence-electron chi connectivity index (χ1n) is 10.4. The number of nitrogens with two attached hydrogens (primary N) is 1. The van der Waals surface area contributed by atoms with Crippen LogP contribution >= 0.6 is 15.9 Å². The number of carbonyl (C=O) groups excluding carboxylic acids is 2. The Hall–Kier alpha value is -3.72. The van der Waals surface area contributed by atoms with Gasteiger partial charge in [-0.3, -0.25) is 14.3 Å². The molecule has 0 fully saturated rings. The van der Waals surface area contributed by atoms with Gasteiger partial charge in [-0.25, -0.2) is 4.98 Å². The Morgan fingerprint density at radius 3 is 2.70 bits per heavy atom. The highest BCUT2D eigenvalue weighted by Gasteiger charge is 2.20. The fourth-order valence-electron chi connectivity index (χ4n) is 3.61. The van der Waals surface area contributed by atoms with E-state index in [0.717, 1.165) is 15.8 Å². The van der Waals surface area contributed by atoms with Crippen molar-refractivity contribution < 1.29 is 14.3 Å². The summed E-state index contributed by atoms with van der Waals surface area (Å²) in [6.07, 6.45) is 1.42. The summed E-state index contributed by atoms with van der Waals surface area (Å²) >= 11 is 3.47. The standard InChI is InChI=1S/C24H22BrN5O3/c1-3-30-22(23(26)31)21(13-27-30)29-24(32)18-12-20(14-6-5-7-16(10-14)33-4-2)28-19-9-8-15(25)11-17(18)19/h5-13H,3-4H2,1-2H3,(H2,26,31)(H,29,32). The van der Waals surface area contributed by atoms with E-state index in [4.69, 9.17) is 15.5 Å². The molecular formula is C24H22BrN5O3. The number of hydrogen-bond donors (Lipinski definition) is 2. The topological polar surface area (TPSA) is 112 Å². The number of fused-ring (bicyclic) bond motifs is 1. The monoisotopic (exact) mass is 507 g/mol. The van der Waals surface area contributed by atoms with Gasteiger partial charge in [0.05, 0.1) is 35.3 Å². The molecule has 8 nitrogen and oxygen atoms in total. The molecule has 168 valence electrons. The molecule has 2 aromatic carbocycles. The molecule has 0 spiro atoms. The van der Waals surface area contributed by atoms with Crippen LogP contribution in [0.1, 0.15) is 34.7 Å². The van der Waals surface area contributed by atoms with Gasteiger partial charge in [-0.15, -0.1) is 0 Å². The Balaban J connectivity index is 1.82. The summed E-state index contributed by atoms with van der Waals surface area (Å²) in [5, 5.41) is 7.59. The summed E-state index contributed by atoms with van der Waals surface area (Å²) in [5.74, 6) is -0.349. The Morgan fingerprint density at radius 2 is 1.97 bits per heavy atom. The summed E-state index contributed by atoms with van der Waals surface area (Å²) in [5.41, 5.74) is 8.42. The first-order valence-corrected chi connectivity index (χ1v) is 11.2. The number of nitrogens with zero attached hydrogens (tertiary/aromatic N) is 3. The second kappa shape index (κ2) is 9.41. The van der Waals surface area contributed by atoms with Crippen molar-refractivity contribution in [2.45, 2.75) is 20.4 Å². The summed E-state index contributed by atoms with van der Waals surface area (Å²) < 4.78 is 7.87. The van der Waals surface area contributed by atoms with Crippen LogP contribution in [0.25, 0.3) is 22.2 Å². The molecule has 2 aromatic heterocycles. The number of nitrogens with one attached hydrogen (secondary N) is 1. The number of hydrogen-bond acceptors (Lipinski definition) is 5. The second-order valence-electron chi connectivity index (χ2n) is 7.22. The van der Waals surface area contributed by atoms with Gasteiger partial charge in [-0.2, -0.15) is 5.10 Å². The number of rotatable bonds is 7. The van der Waals surface area contributed by atoms with Crippen LogP contribution in [-0.2, 0) is 6.54 Å². The van der Waals surface area contributed by atoms with Gasteiger partial charge in [0.25, 0.3) is 11.8 Å². The van der Waals surface area contributed by atoms with E-state index in [0.29, 0.717) is 35.3 Å². The third-order valence-corrected chi connectivity index (χ3v) is 5.57. The summed E-state index contributed by atoms with van der Waals surface area (Å²) in [6.45, 7) is 4.74. The number of ether oxygens (including phenoxy) is 1. The van der Waals surface area contributed by atoms with Gasteiger partial charge in [-0.05, 0) is 50.2 Å². The van der Waals surface area contributed by atoms with Gasteiger partial charge in [0.1, 0.15) is 11.4 Å². The molecule has 9 heteroatoms. The maximum Gasteiger partial charge on any atom is 0.269 e. The van der Waals surface area contributed by atoms with Crippen molar-refractivity contribution in [3.8, 4) is 17.0 Å². The number of benzene rings is 2.